The van der Waals surface area contributed by atoms with Gasteiger partial charge in [-0.2, -0.15) is 0 Å². The first kappa shape index (κ1) is 13.0. The lowest BCUT2D eigenvalue weighted by Gasteiger charge is -2.15. The smallest absolute Gasteiger partial charge is 0.119 e. The minimum absolute atomic E-state index is 0.0386. The predicted molar refractivity (Wildman–Crippen MR) is 62.4 cm³/mol. The van der Waals surface area contributed by atoms with Crippen molar-refractivity contribution in [2.45, 2.75) is 19.6 Å². The van der Waals surface area contributed by atoms with Crippen LogP contribution in [0.25, 0.3) is 0 Å². The molecular formula is C12H19NO3. The van der Waals surface area contributed by atoms with E-state index in [1.54, 1.807) is 0 Å². The molecule has 0 saturated heterocycles. The minimum atomic E-state index is -0.0393. The first-order valence-electron chi connectivity index (χ1n) is 5.47. The molecule has 0 amide bonds. The Labute approximate surface area is 95.9 Å². The highest BCUT2D eigenvalue weighted by molar-refractivity contribution is 5.26. The summed E-state index contributed by atoms with van der Waals surface area (Å²) in [5.74, 6) is 0.744. The zero-order chi connectivity index (χ0) is 11.8. The zero-order valence-corrected chi connectivity index (χ0v) is 9.52. The van der Waals surface area contributed by atoms with Gasteiger partial charge >= 0.3 is 0 Å². The summed E-state index contributed by atoms with van der Waals surface area (Å²) in [4.78, 5) is 0. The monoisotopic (exact) mass is 225 g/mol. The number of benzene rings is 1. The Morgan fingerprint density at radius 2 is 1.94 bits per heavy atom. The van der Waals surface area contributed by atoms with Crippen LogP contribution in [0.15, 0.2) is 24.3 Å². The number of hydrogen-bond donors (Lipinski definition) is 3. The third kappa shape index (κ3) is 4.18. The van der Waals surface area contributed by atoms with Crippen molar-refractivity contribution in [3.05, 3.63) is 29.8 Å². The molecule has 0 spiro atoms. The molecule has 0 heterocycles. The summed E-state index contributed by atoms with van der Waals surface area (Å²) in [5.41, 5.74) is 0.859. The Bertz CT molecular complexity index is 287. The van der Waals surface area contributed by atoms with Crippen molar-refractivity contribution in [2.24, 2.45) is 0 Å². The molecule has 0 radical (unpaired) electrons. The normalized spacial score (nSPS) is 12.4. The number of rotatable bonds is 7. The van der Waals surface area contributed by atoms with Gasteiger partial charge in [0, 0.05) is 0 Å². The van der Waals surface area contributed by atoms with Crippen LogP contribution in [0, 0.1) is 0 Å². The third-order valence-corrected chi connectivity index (χ3v) is 2.27. The van der Waals surface area contributed by atoms with Crippen LogP contribution in [0.5, 0.6) is 5.75 Å². The molecule has 0 bridgehead atoms. The number of hydrogen-bond acceptors (Lipinski definition) is 4. The number of nitrogens with one attached hydrogen (secondary N) is 1. The molecule has 0 aromatic heterocycles. The highest BCUT2D eigenvalue weighted by Gasteiger charge is 2.05. The molecule has 1 unspecified atom stereocenters. The van der Waals surface area contributed by atoms with Crippen molar-refractivity contribution >= 4 is 0 Å². The van der Waals surface area contributed by atoms with Crippen LogP contribution in [0.2, 0.25) is 0 Å². The van der Waals surface area contributed by atoms with E-state index in [4.69, 9.17) is 14.9 Å². The van der Waals surface area contributed by atoms with E-state index in [1.807, 2.05) is 31.2 Å². The van der Waals surface area contributed by atoms with E-state index in [2.05, 4.69) is 5.32 Å². The van der Waals surface area contributed by atoms with Crippen LogP contribution in [0.3, 0.4) is 0 Å². The highest BCUT2D eigenvalue weighted by Crippen LogP contribution is 2.12. The average Bonchev–Trinajstić information content (AvgIpc) is 2.35. The first-order valence-corrected chi connectivity index (χ1v) is 5.47. The average molecular weight is 225 g/mol. The maximum absolute atomic E-state index is 9.04. The lowest BCUT2D eigenvalue weighted by atomic mass is 10.2. The largest absolute Gasteiger partial charge is 0.492 e. The summed E-state index contributed by atoms with van der Waals surface area (Å²) in [7, 11) is 0. The SMILES string of the molecule is CCNC(CO)COc1ccc(CO)cc1. The number of aliphatic hydroxyl groups is 2. The van der Waals surface area contributed by atoms with Crippen molar-refractivity contribution in [1.82, 2.24) is 5.32 Å². The van der Waals surface area contributed by atoms with Crippen LogP contribution in [-0.4, -0.2) is 36.0 Å². The van der Waals surface area contributed by atoms with Crippen molar-refractivity contribution < 1.29 is 14.9 Å². The van der Waals surface area contributed by atoms with E-state index in [-0.39, 0.29) is 19.3 Å². The van der Waals surface area contributed by atoms with Gasteiger partial charge in [-0.1, -0.05) is 19.1 Å². The molecule has 90 valence electrons. The van der Waals surface area contributed by atoms with Gasteiger partial charge in [0.05, 0.1) is 19.3 Å². The van der Waals surface area contributed by atoms with Gasteiger partial charge in [0.2, 0.25) is 0 Å². The zero-order valence-electron chi connectivity index (χ0n) is 9.52. The van der Waals surface area contributed by atoms with Crippen LogP contribution >= 0.6 is 0 Å². The molecule has 3 N–H and O–H groups in total. The van der Waals surface area contributed by atoms with Crippen LogP contribution in [-0.2, 0) is 6.61 Å². The minimum Gasteiger partial charge on any atom is -0.492 e. The van der Waals surface area contributed by atoms with Gasteiger partial charge in [0.1, 0.15) is 12.4 Å². The third-order valence-electron chi connectivity index (χ3n) is 2.27. The summed E-state index contributed by atoms with van der Waals surface area (Å²) in [6.07, 6.45) is 0. The topological polar surface area (TPSA) is 61.7 Å². The molecule has 0 aliphatic heterocycles. The summed E-state index contributed by atoms with van der Waals surface area (Å²) in [6.45, 7) is 3.32. The van der Waals surface area contributed by atoms with Gasteiger partial charge in [-0.05, 0) is 24.2 Å². The summed E-state index contributed by atoms with van der Waals surface area (Å²) in [5, 5.41) is 21.0. The van der Waals surface area contributed by atoms with E-state index in [0.717, 1.165) is 17.9 Å². The Kier molecular flexibility index (Phi) is 5.85. The molecule has 4 nitrogen and oxygen atoms in total. The van der Waals surface area contributed by atoms with Crippen LogP contribution in [0.4, 0.5) is 0 Å². The van der Waals surface area contributed by atoms with Crippen molar-refractivity contribution in [1.29, 1.82) is 0 Å². The maximum Gasteiger partial charge on any atom is 0.119 e. The first-order chi connectivity index (χ1) is 7.80. The number of aliphatic hydroxyl groups excluding tert-OH is 2. The van der Waals surface area contributed by atoms with Crippen molar-refractivity contribution in [2.75, 3.05) is 19.8 Å². The van der Waals surface area contributed by atoms with Gasteiger partial charge < -0.3 is 20.3 Å². The van der Waals surface area contributed by atoms with Crippen molar-refractivity contribution in [3.63, 3.8) is 0 Å². The van der Waals surface area contributed by atoms with Crippen molar-refractivity contribution in [3.8, 4) is 5.75 Å². The fourth-order valence-corrected chi connectivity index (χ4v) is 1.35. The van der Waals surface area contributed by atoms with Gasteiger partial charge in [-0.3, -0.25) is 0 Å². The van der Waals surface area contributed by atoms with Gasteiger partial charge in [0.15, 0.2) is 0 Å². The molecule has 0 fully saturated rings. The Hall–Kier alpha value is -1.10. The second-order valence-corrected chi connectivity index (χ2v) is 3.55. The molecular weight excluding hydrogens is 206 g/mol. The number of likely N-dealkylation sites (N-methyl/N-ethyl adjacent to an activating group) is 1. The summed E-state index contributed by atoms with van der Waals surface area (Å²) < 4.78 is 5.51. The lowest BCUT2D eigenvalue weighted by Crippen LogP contribution is -2.37. The van der Waals surface area contributed by atoms with E-state index in [9.17, 15) is 0 Å². The second kappa shape index (κ2) is 7.22. The van der Waals surface area contributed by atoms with E-state index < -0.39 is 0 Å². The number of ether oxygens (including phenoxy) is 1. The van der Waals surface area contributed by atoms with E-state index in [1.165, 1.54) is 0 Å². The van der Waals surface area contributed by atoms with Crippen LogP contribution < -0.4 is 10.1 Å². The molecule has 1 atom stereocenters. The molecule has 4 heteroatoms. The fourth-order valence-electron chi connectivity index (χ4n) is 1.35. The van der Waals surface area contributed by atoms with E-state index in [0.29, 0.717) is 6.61 Å². The molecule has 1 aromatic carbocycles. The van der Waals surface area contributed by atoms with Gasteiger partial charge in [-0.25, -0.2) is 0 Å². The Morgan fingerprint density at radius 3 is 2.44 bits per heavy atom. The van der Waals surface area contributed by atoms with Gasteiger partial charge in [0.25, 0.3) is 0 Å². The summed E-state index contributed by atoms with van der Waals surface area (Å²) in [6, 6.07) is 7.22. The molecule has 1 aromatic rings. The molecule has 1 rings (SSSR count). The fraction of sp³-hybridized carbons (Fsp3) is 0.500. The second-order valence-electron chi connectivity index (χ2n) is 3.55. The van der Waals surface area contributed by atoms with E-state index >= 15 is 0 Å². The maximum atomic E-state index is 9.04. The molecule has 0 aliphatic carbocycles. The van der Waals surface area contributed by atoms with Crippen LogP contribution in [0.1, 0.15) is 12.5 Å². The quantitative estimate of drug-likeness (QED) is 0.633. The molecule has 0 saturated carbocycles. The molecule has 0 aliphatic rings. The predicted octanol–water partition coefficient (Wildman–Crippen LogP) is 0.528. The highest BCUT2D eigenvalue weighted by atomic mass is 16.5. The van der Waals surface area contributed by atoms with Gasteiger partial charge in [-0.15, -0.1) is 0 Å². The molecule has 16 heavy (non-hydrogen) atoms. The standard InChI is InChI=1S/C12H19NO3/c1-2-13-11(8-15)9-16-12-5-3-10(7-14)4-6-12/h3-6,11,13-15H,2,7-9H2,1H3. The Morgan fingerprint density at radius 1 is 1.25 bits per heavy atom. The lowest BCUT2D eigenvalue weighted by molar-refractivity contribution is 0.184. The Balaban J connectivity index is 2.40. The summed E-state index contributed by atoms with van der Waals surface area (Å²) >= 11 is 0.